The van der Waals surface area contributed by atoms with E-state index in [9.17, 15) is 4.39 Å². The van der Waals surface area contributed by atoms with Crippen molar-refractivity contribution in [2.45, 2.75) is 19.8 Å². The second-order valence-corrected chi connectivity index (χ2v) is 4.02. The van der Waals surface area contributed by atoms with Crippen LogP contribution in [0.1, 0.15) is 19.8 Å². The van der Waals surface area contributed by atoms with Gasteiger partial charge in [0.2, 0.25) is 5.95 Å². The van der Waals surface area contributed by atoms with Gasteiger partial charge in [-0.05, 0) is 12.3 Å². The normalized spacial score (nSPS) is 20.2. The molecule has 1 atom stereocenters. The molecular weight excluding hydrogens is 209 g/mol. The third-order valence-electron chi connectivity index (χ3n) is 3.02. The second kappa shape index (κ2) is 4.61. The number of nitrogens with one attached hydrogen (secondary N) is 1. The molecule has 3 N–H and O–H groups in total. The van der Waals surface area contributed by atoms with Gasteiger partial charge < -0.3 is 4.90 Å². The number of hydrogen-bond donors (Lipinski definition) is 2. The van der Waals surface area contributed by atoms with E-state index in [1.807, 2.05) is 4.90 Å². The highest BCUT2D eigenvalue weighted by molar-refractivity contribution is 5.44. The summed E-state index contributed by atoms with van der Waals surface area (Å²) in [7, 11) is 0. The Hall–Kier alpha value is -1.43. The average molecular weight is 225 g/mol. The maximum absolute atomic E-state index is 13.6. The van der Waals surface area contributed by atoms with E-state index in [-0.39, 0.29) is 5.95 Å². The van der Waals surface area contributed by atoms with Crippen molar-refractivity contribution in [1.29, 1.82) is 0 Å². The molecule has 1 fully saturated rings. The summed E-state index contributed by atoms with van der Waals surface area (Å²) in [6.07, 6.45) is 3.35. The fraction of sp³-hybridized carbons (Fsp3) is 0.600. The molecule has 0 spiro atoms. The van der Waals surface area contributed by atoms with Gasteiger partial charge in [-0.3, -0.25) is 5.43 Å². The van der Waals surface area contributed by atoms with Crippen molar-refractivity contribution in [2.24, 2.45) is 11.8 Å². The van der Waals surface area contributed by atoms with Crippen molar-refractivity contribution in [3.05, 3.63) is 12.0 Å². The minimum absolute atomic E-state index is 0.247. The van der Waals surface area contributed by atoms with Gasteiger partial charge >= 0.3 is 0 Å². The summed E-state index contributed by atoms with van der Waals surface area (Å²) in [4.78, 5) is 9.71. The van der Waals surface area contributed by atoms with Crippen molar-refractivity contribution >= 4 is 11.8 Å². The monoisotopic (exact) mass is 225 g/mol. The smallest absolute Gasteiger partial charge is 0.239 e. The van der Waals surface area contributed by atoms with E-state index in [1.54, 1.807) is 0 Å². The number of nitrogens with zero attached hydrogens (tertiary/aromatic N) is 3. The number of halogens is 1. The third kappa shape index (κ3) is 2.06. The first kappa shape index (κ1) is 11.1. The summed E-state index contributed by atoms with van der Waals surface area (Å²) in [6, 6.07) is 0. The molecule has 2 rings (SSSR count). The minimum atomic E-state index is -0.393. The van der Waals surface area contributed by atoms with Crippen LogP contribution in [-0.4, -0.2) is 23.1 Å². The van der Waals surface area contributed by atoms with Gasteiger partial charge in [0.15, 0.2) is 11.6 Å². The van der Waals surface area contributed by atoms with Crippen LogP contribution >= 0.6 is 0 Å². The Kier molecular flexibility index (Phi) is 3.19. The summed E-state index contributed by atoms with van der Waals surface area (Å²) < 4.78 is 13.6. The average Bonchev–Trinajstić information content (AvgIpc) is 2.78. The summed E-state index contributed by atoms with van der Waals surface area (Å²) in [5.41, 5.74) is 2.33. The molecule has 0 bridgehead atoms. The van der Waals surface area contributed by atoms with Crippen LogP contribution in [0, 0.1) is 11.7 Å². The number of aromatic nitrogens is 2. The summed E-state index contributed by atoms with van der Waals surface area (Å²) in [5, 5.41) is 0. The quantitative estimate of drug-likeness (QED) is 0.596. The molecule has 0 saturated carbocycles. The lowest BCUT2D eigenvalue weighted by Crippen LogP contribution is -2.23. The summed E-state index contributed by atoms with van der Waals surface area (Å²) in [5.74, 6) is 6.03. The maximum atomic E-state index is 13.6. The predicted molar refractivity (Wildman–Crippen MR) is 60.4 cm³/mol. The highest BCUT2D eigenvalue weighted by Crippen LogP contribution is 2.26. The van der Waals surface area contributed by atoms with Gasteiger partial charge in [0.05, 0.1) is 6.20 Å². The second-order valence-electron chi connectivity index (χ2n) is 4.02. The SMILES string of the molecule is CCC1CCN(c2nc(NN)ncc2F)C1. The Morgan fingerprint density at radius 2 is 2.50 bits per heavy atom. The molecule has 88 valence electrons. The molecule has 1 aliphatic heterocycles. The molecule has 1 aromatic heterocycles. The van der Waals surface area contributed by atoms with Gasteiger partial charge in [0.1, 0.15) is 0 Å². The number of hydrogen-bond acceptors (Lipinski definition) is 5. The molecule has 1 aliphatic rings. The van der Waals surface area contributed by atoms with Crippen molar-refractivity contribution in [1.82, 2.24) is 9.97 Å². The lowest BCUT2D eigenvalue weighted by molar-refractivity contribution is 0.565. The van der Waals surface area contributed by atoms with E-state index >= 15 is 0 Å². The van der Waals surface area contributed by atoms with Crippen LogP contribution in [0.5, 0.6) is 0 Å². The van der Waals surface area contributed by atoms with Crippen LogP contribution in [-0.2, 0) is 0 Å². The van der Waals surface area contributed by atoms with E-state index in [2.05, 4.69) is 22.3 Å². The zero-order valence-corrected chi connectivity index (χ0v) is 9.28. The van der Waals surface area contributed by atoms with Gasteiger partial charge in [0.25, 0.3) is 0 Å². The lowest BCUT2D eigenvalue weighted by atomic mass is 10.1. The Balaban J connectivity index is 2.20. The molecule has 1 saturated heterocycles. The van der Waals surface area contributed by atoms with Gasteiger partial charge in [-0.2, -0.15) is 4.98 Å². The van der Waals surface area contributed by atoms with Gasteiger partial charge in [-0.25, -0.2) is 15.2 Å². The number of nitrogens with two attached hydrogens (primary N) is 1. The Bertz CT molecular complexity index is 370. The largest absolute Gasteiger partial charge is 0.354 e. The molecular formula is C10H16FN5. The minimum Gasteiger partial charge on any atom is -0.354 e. The van der Waals surface area contributed by atoms with Crippen LogP contribution in [0.25, 0.3) is 0 Å². The van der Waals surface area contributed by atoms with Gasteiger partial charge in [-0.15, -0.1) is 0 Å². The van der Waals surface area contributed by atoms with E-state index in [0.717, 1.165) is 32.1 Å². The predicted octanol–water partition coefficient (Wildman–Crippen LogP) is 1.14. The van der Waals surface area contributed by atoms with Crippen LogP contribution < -0.4 is 16.2 Å². The molecule has 1 aromatic rings. The van der Waals surface area contributed by atoms with E-state index < -0.39 is 5.82 Å². The molecule has 0 aliphatic carbocycles. The van der Waals surface area contributed by atoms with Crippen molar-refractivity contribution in [2.75, 3.05) is 23.4 Å². The zero-order chi connectivity index (χ0) is 11.5. The van der Waals surface area contributed by atoms with Crippen LogP contribution in [0.15, 0.2) is 6.20 Å². The standard InChI is InChI=1S/C10H16FN5/c1-2-7-3-4-16(6-7)9-8(11)5-13-10(14-9)15-12/h5,7H,2-4,6,12H2,1H3,(H,13,14,15). The van der Waals surface area contributed by atoms with Crippen LogP contribution in [0.3, 0.4) is 0 Å². The third-order valence-corrected chi connectivity index (χ3v) is 3.02. The Labute approximate surface area is 93.8 Å². The molecule has 0 radical (unpaired) electrons. The molecule has 0 aromatic carbocycles. The van der Waals surface area contributed by atoms with Gasteiger partial charge in [-0.1, -0.05) is 13.3 Å². The number of anilines is 2. The topological polar surface area (TPSA) is 67.1 Å². The molecule has 16 heavy (non-hydrogen) atoms. The van der Waals surface area contributed by atoms with Crippen molar-refractivity contribution in [3.63, 3.8) is 0 Å². The van der Waals surface area contributed by atoms with Crippen LogP contribution in [0.4, 0.5) is 16.2 Å². The molecule has 5 nitrogen and oxygen atoms in total. The van der Waals surface area contributed by atoms with Crippen molar-refractivity contribution in [3.8, 4) is 0 Å². The summed E-state index contributed by atoms with van der Waals surface area (Å²) >= 11 is 0. The Morgan fingerprint density at radius 1 is 1.69 bits per heavy atom. The molecule has 2 heterocycles. The number of rotatable bonds is 3. The molecule has 1 unspecified atom stereocenters. The number of hydrazine groups is 1. The van der Waals surface area contributed by atoms with Gasteiger partial charge in [0, 0.05) is 13.1 Å². The molecule has 6 heteroatoms. The van der Waals surface area contributed by atoms with E-state index in [0.29, 0.717) is 11.7 Å². The molecule has 0 amide bonds. The first-order chi connectivity index (χ1) is 7.74. The number of nitrogen functional groups attached to an aromatic ring is 1. The van der Waals surface area contributed by atoms with E-state index in [4.69, 9.17) is 5.84 Å². The zero-order valence-electron chi connectivity index (χ0n) is 9.28. The Morgan fingerprint density at radius 3 is 3.12 bits per heavy atom. The highest BCUT2D eigenvalue weighted by atomic mass is 19.1. The summed E-state index contributed by atoms with van der Waals surface area (Å²) in [6.45, 7) is 3.85. The first-order valence-corrected chi connectivity index (χ1v) is 5.48. The lowest BCUT2D eigenvalue weighted by Gasteiger charge is -2.18. The van der Waals surface area contributed by atoms with Crippen molar-refractivity contribution < 1.29 is 4.39 Å². The first-order valence-electron chi connectivity index (χ1n) is 5.48. The fourth-order valence-corrected chi connectivity index (χ4v) is 2.01. The highest BCUT2D eigenvalue weighted by Gasteiger charge is 2.24. The van der Waals surface area contributed by atoms with Crippen LogP contribution in [0.2, 0.25) is 0 Å². The fourth-order valence-electron chi connectivity index (χ4n) is 2.01. The maximum Gasteiger partial charge on any atom is 0.239 e. The van der Waals surface area contributed by atoms with E-state index in [1.165, 1.54) is 0 Å².